The van der Waals surface area contributed by atoms with E-state index in [0.717, 1.165) is 23.5 Å². The van der Waals surface area contributed by atoms with Gasteiger partial charge in [0, 0.05) is 5.69 Å². The molecule has 2 rings (SSSR count). The zero-order valence-corrected chi connectivity index (χ0v) is 16.6. The van der Waals surface area contributed by atoms with Crippen LogP contribution in [0.1, 0.15) is 12.0 Å². The van der Waals surface area contributed by atoms with Crippen molar-refractivity contribution < 1.29 is 26.4 Å². The molecule has 0 saturated heterocycles. The number of anilines is 1. The van der Waals surface area contributed by atoms with E-state index >= 15 is 0 Å². The molecule has 148 valence electrons. The number of hydrogen-bond acceptors (Lipinski definition) is 5. The van der Waals surface area contributed by atoms with Crippen LogP contribution >= 0.6 is 23.1 Å². The summed E-state index contributed by atoms with van der Waals surface area (Å²) in [5, 5.41) is 3.95. The average molecular weight is 439 g/mol. The number of carbonyl (C=O) groups excluding carboxylic acids is 1. The lowest BCUT2D eigenvalue weighted by atomic mass is 10.1. The Kier molecular flexibility index (Phi) is 7.32. The first-order chi connectivity index (χ1) is 12.6. The van der Waals surface area contributed by atoms with Crippen molar-refractivity contribution in [3.8, 4) is 0 Å². The first kappa shape index (κ1) is 21.7. The predicted molar refractivity (Wildman–Crippen MR) is 102 cm³/mol. The molecule has 2 N–H and O–H groups in total. The van der Waals surface area contributed by atoms with Crippen molar-refractivity contribution in [3.63, 3.8) is 0 Å². The van der Waals surface area contributed by atoms with E-state index in [-0.39, 0.29) is 16.3 Å². The summed E-state index contributed by atoms with van der Waals surface area (Å²) in [6, 6.07) is 6.04. The molecule has 1 aromatic heterocycles. The summed E-state index contributed by atoms with van der Waals surface area (Å²) < 4.78 is 65.5. The second-order valence-electron chi connectivity index (χ2n) is 5.46. The van der Waals surface area contributed by atoms with Crippen LogP contribution in [0.25, 0.3) is 0 Å². The molecule has 1 heterocycles. The molecule has 0 radical (unpaired) electrons. The van der Waals surface area contributed by atoms with E-state index in [1.54, 1.807) is 17.7 Å². The van der Waals surface area contributed by atoms with E-state index in [9.17, 15) is 26.4 Å². The van der Waals surface area contributed by atoms with E-state index in [1.807, 2.05) is 0 Å². The third-order valence-electron chi connectivity index (χ3n) is 3.44. The molecule has 0 saturated carbocycles. The third kappa shape index (κ3) is 6.23. The van der Waals surface area contributed by atoms with E-state index in [1.165, 1.54) is 30.0 Å². The maximum atomic E-state index is 12.8. The van der Waals surface area contributed by atoms with Gasteiger partial charge in [-0.05, 0) is 48.1 Å². The van der Waals surface area contributed by atoms with Crippen LogP contribution in [0.2, 0.25) is 0 Å². The fraction of sp³-hybridized carbons (Fsp3) is 0.312. The number of nitrogens with one attached hydrogen (secondary N) is 2. The average Bonchev–Trinajstić information content (AvgIpc) is 3.13. The van der Waals surface area contributed by atoms with Gasteiger partial charge in [-0.3, -0.25) is 4.79 Å². The minimum atomic E-state index is -4.54. The lowest BCUT2D eigenvalue weighted by Crippen LogP contribution is -2.43. The Labute approximate surface area is 163 Å². The van der Waals surface area contributed by atoms with Gasteiger partial charge >= 0.3 is 6.18 Å². The van der Waals surface area contributed by atoms with E-state index in [4.69, 9.17) is 0 Å². The molecule has 0 bridgehead atoms. The van der Waals surface area contributed by atoms with Gasteiger partial charge in [0.05, 0.1) is 5.56 Å². The fourth-order valence-electron chi connectivity index (χ4n) is 2.14. The number of carbonyl (C=O) groups is 1. The molecule has 0 aliphatic carbocycles. The standard InChI is InChI=1S/C16H17F3N2O3S3/c1-25-9-7-13(21-27(23,24)14-6-3-8-26-14)15(22)20-12-5-2-4-11(10-12)16(17,18)19/h2-6,8,10,13,21H,7,9H2,1H3,(H,20,22)/t13-/m1/s1. The highest BCUT2D eigenvalue weighted by molar-refractivity contribution is 7.98. The monoisotopic (exact) mass is 438 g/mol. The first-order valence-corrected chi connectivity index (χ1v) is 11.4. The fourth-order valence-corrected chi connectivity index (χ4v) is 4.85. The van der Waals surface area contributed by atoms with Crippen LogP contribution in [0.15, 0.2) is 46.0 Å². The molecule has 11 heteroatoms. The molecule has 5 nitrogen and oxygen atoms in total. The van der Waals surface area contributed by atoms with Gasteiger partial charge in [-0.2, -0.15) is 29.7 Å². The van der Waals surface area contributed by atoms with Crippen molar-refractivity contribution in [2.24, 2.45) is 0 Å². The van der Waals surface area contributed by atoms with Crippen LogP contribution in [-0.2, 0) is 21.0 Å². The Morgan fingerprint density at radius 3 is 2.59 bits per heavy atom. The number of amides is 1. The first-order valence-electron chi connectivity index (χ1n) is 7.66. The molecule has 1 aromatic carbocycles. The Balaban J connectivity index is 2.18. The second-order valence-corrected chi connectivity index (χ2v) is 9.33. The van der Waals surface area contributed by atoms with Crippen molar-refractivity contribution in [1.82, 2.24) is 4.72 Å². The van der Waals surface area contributed by atoms with Crippen LogP contribution in [0.5, 0.6) is 0 Å². The normalized spacial score (nSPS) is 13.3. The molecule has 2 aromatic rings. The lowest BCUT2D eigenvalue weighted by Gasteiger charge is -2.18. The summed E-state index contributed by atoms with van der Waals surface area (Å²) in [6.45, 7) is 0. The van der Waals surface area contributed by atoms with Crippen LogP contribution in [0, 0.1) is 0 Å². The minimum Gasteiger partial charge on any atom is -0.325 e. The number of thioether (sulfide) groups is 1. The van der Waals surface area contributed by atoms with Gasteiger partial charge in [-0.25, -0.2) is 8.42 Å². The molecule has 0 unspecified atom stereocenters. The highest BCUT2D eigenvalue weighted by Gasteiger charge is 2.31. The van der Waals surface area contributed by atoms with Gasteiger partial charge in [-0.1, -0.05) is 12.1 Å². The van der Waals surface area contributed by atoms with Gasteiger partial charge < -0.3 is 5.32 Å². The van der Waals surface area contributed by atoms with Crippen molar-refractivity contribution in [2.45, 2.75) is 22.8 Å². The molecule has 0 aliphatic rings. The highest BCUT2D eigenvalue weighted by atomic mass is 32.2. The molecular formula is C16H17F3N2O3S3. The van der Waals surface area contributed by atoms with E-state index in [0.29, 0.717) is 5.75 Å². The van der Waals surface area contributed by atoms with Gasteiger partial charge in [0.25, 0.3) is 10.0 Å². The van der Waals surface area contributed by atoms with Crippen molar-refractivity contribution in [1.29, 1.82) is 0 Å². The second kappa shape index (κ2) is 9.09. The maximum absolute atomic E-state index is 12.8. The summed E-state index contributed by atoms with van der Waals surface area (Å²) in [5.74, 6) is -0.225. The van der Waals surface area contributed by atoms with E-state index in [2.05, 4.69) is 10.0 Å². The molecule has 0 aliphatic heterocycles. The Morgan fingerprint density at radius 1 is 1.26 bits per heavy atom. The number of hydrogen-bond donors (Lipinski definition) is 2. The zero-order chi connectivity index (χ0) is 20.1. The molecule has 1 atom stereocenters. The zero-order valence-electron chi connectivity index (χ0n) is 14.1. The summed E-state index contributed by atoms with van der Waals surface area (Å²) in [4.78, 5) is 12.5. The Bertz CT molecular complexity index is 869. The molecule has 27 heavy (non-hydrogen) atoms. The number of thiophene rings is 1. The summed E-state index contributed by atoms with van der Waals surface area (Å²) in [6.07, 6.45) is -2.55. The number of halogens is 3. The quantitative estimate of drug-likeness (QED) is 0.657. The van der Waals surface area contributed by atoms with Crippen LogP contribution < -0.4 is 10.0 Å². The SMILES string of the molecule is CSCC[C@@H](NS(=O)(=O)c1cccs1)C(=O)Nc1cccc(C(F)(F)F)c1. The molecule has 0 fully saturated rings. The van der Waals surface area contributed by atoms with Gasteiger partial charge in [-0.15, -0.1) is 11.3 Å². The van der Waals surface area contributed by atoms with Crippen molar-refractivity contribution >= 4 is 44.7 Å². The molecule has 0 spiro atoms. The number of alkyl halides is 3. The Morgan fingerprint density at radius 2 is 2.00 bits per heavy atom. The largest absolute Gasteiger partial charge is 0.416 e. The Hall–Kier alpha value is -1.56. The van der Waals surface area contributed by atoms with Crippen LogP contribution in [0.4, 0.5) is 18.9 Å². The van der Waals surface area contributed by atoms with Gasteiger partial charge in [0.2, 0.25) is 5.91 Å². The van der Waals surface area contributed by atoms with Crippen molar-refractivity contribution in [2.75, 3.05) is 17.3 Å². The summed E-state index contributed by atoms with van der Waals surface area (Å²) in [5.41, 5.74) is -0.959. The van der Waals surface area contributed by atoms with Crippen LogP contribution in [0.3, 0.4) is 0 Å². The lowest BCUT2D eigenvalue weighted by molar-refractivity contribution is -0.137. The maximum Gasteiger partial charge on any atom is 0.416 e. The smallest absolute Gasteiger partial charge is 0.325 e. The molecule has 1 amide bonds. The topological polar surface area (TPSA) is 75.3 Å². The number of rotatable bonds is 8. The predicted octanol–water partition coefficient (Wildman–Crippen LogP) is 3.81. The van der Waals surface area contributed by atoms with Crippen LogP contribution in [-0.4, -0.2) is 32.4 Å². The van der Waals surface area contributed by atoms with Crippen molar-refractivity contribution in [3.05, 3.63) is 47.3 Å². The minimum absolute atomic E-state index is 0.0562. The highest BCUT2D eigenvalue weighted by Crippen LogP contribution is 2.30. The van der Waals surface area contributed by atoms with Gasteiger partial charge in [0.15, 0.2) is 0 Å². The molecular weight excluding hydrogens is 421 g/mol. The number of sulfonamides is 1. The van der Waals surface area contributed by atoms with E-state index < -0.39 is 33.7 Å². The number of benzene rings is 1. The summed E-state index contributed by atoms with van der Waals surface area (Å²) >= 11 is 2.43. The summed E-state index contributed by atoms with van der Waals surface area (Å²) in [7, 11) is -3.90. The van der Waals surface area contributed by atoms with Gasteiger partial charge in [0.1, 0.15) is 10.3 Å². The third-order valence-corrected chi connectivity index (χ3v) is 6.96.